The number of aryl methyl sites for hydroxylation is 2. The van der Waals surface area contributed by atoms with Gasteiger partial charge in [0.2, 0.25) is 5.78 Å². The van der Waals surface area contributed by atoms with E-state index in [0.29, 0.717) is 53.6 Å². The van der Waals surface area contributed by atoms with Gasteiger partial charge in [-0.3, -0.25) is 14.5 Å². The normalized spacial score (nSPS) is 13.7. The second-order valence-electron chi connectivity index (χ2n) is 8.85. The molecule has 35 heavy (non-hydrogen) atoms. The molecule has 0 saturated carbocycles. The summed E-state index contributed by atoms with van der Waals surface area (Å²) in [7, 11) is 0. The number of likely N-dealkylation sites (tertiary alicyclic amines) is 1. The molecule has 0 unspecified atom stereocenters. The first-order valence-electron chi connectivity index (χ1n) is 11.3. The number of hydrogen-bond acceptors (Lipinski definition) is 6. The smallest absolute Gasteiger partial charge is 0.204 e. The van der Waals surface area contributed by atoms with Crippen LogP contribution in [0.25, 0.3) is 21.2 Å². The zero-order valence-corrected chi connectivity index (χ0v) is 20.2. The first kappa shape index (κ1) is 23.2. The van der Waals surface area contributed by atoms with Crippen LogP contribution in [0, 0.1) is 19.7 Å². The minimum absolute atomic E-state index is 0.131. The molecule has 1 fully saturated rings. The molecule has 7 heteroatoms. The summed E-state index contributed by atoms with van der Waals surface area (Å²) in [6.45, 7) is 5.65. The molecule has 0 spiro atoms. The van der Waals surface area contributed by atoms with Crippen LogP contribution in [0.3, 0.4) is 0 Å². The molecule has 1 aliphatic rings. The number of phenolic OH excluding ortho intramolecular Hbond substituents is 1. The SMILES string of the molecule is Cc1cc(F)cc(C)c1C(=O)c1sc2cc(O)ccc2c1-c1ccc(OCCN2CC(=O)C2)cc1. The average Bonchev–Trinajstić information content (AvgIpc) is 3.16. The molecule has 2 heterocycles. The molecule has 0 radical (unpaired) electrons. The van der Waals surface area contributed by atoms with E-state index in [0.717, 1.165) is 21.2 Å². The van der Waals surface area contributed by atoms with Gasteiger partial charge in [-0.2, -0.15) is 0 Å². The van der Waals surface area contributed by atoms with Crippen molar-refractivity contribution in [3.8, 4) is 22.6 Å². The number of halogens is 1. The summed E-state index contributed by atoms with van der Waals surface area (Å²) in [6.07, 6.45) is 0. The van der Waals surface area contributed by atoms with E-state index in [4.69, 9.17) is 4.74 Å². The lowest BCUT2D eigenvalue weighted by Crippen LogP contribution is -2.48. The van der Waals surface area contributed by atoms with Crippen molar-refractivity contribution in [1.29, 1.82) is 0 Å². The Morgan fingerprint density at radius 1 is 1.06 bits per heavy atom. The van der Waals surface area contributed by atoms with Gasteiger partial charge in [-0.15, -0.1) is 11.3 Å². The summed E-state index contributed by atoms with van der Waals surface area (Å²) in [4.78, 5) is 27.4. The minimum Gasteiger partial charge on any atom is -0.508 e. The summed E-state index contributed by atoms with van der Waals surface area (Å²) in [6, 6.07) is 15.4. The van der Waals surface area contributed by atoms with Gasteiger partial charge in [0.25, 0.3) is 0 Å². The third-order valence-electron chi connectivity index (χ3n) is 6.22. The third kappa shape index (κ3) is 4.57. The molecule has 0 amide bonds. The number of carbonyl (C=O) groups excluding carboxylic acids is 2. The van der Waals surface area contributed by atoms with Gasteiger partial charge in [-0.1, -0.05) is 12.1 Å². The number of ketones is 2. The van der Waals surface area contributed by atoms with Crippen LogP contribution in [0.15, 0.2) is 54.6 Å². The first-order chi connectivity index (χ1) is 16.8. The Kier molecular flexibility index (Phi) is 6.13. The molecule has 3 aromatic carbocycles. The maximum Gasteiger partial charge on any atom is 0.204 e. The van der Waals surface area contributed by atoms with Gasteiger partial charge in [-0.25, -0.2) is 4.39 Å². The minimum atomic E-state index is -0.366. The largest absolute Gasteiger partial charge is 0.508 e. The van der Waals surface area contributed by atoms with Gasteiger partial charge < -0.3 is 9.84 Å². The van der Waals surface area contributed by atoms with Crippen LogP contribution < -0.4 is 4.74 Å². The van der Waals surface area contributed by atoms with Crippen LogP contribution in [0.2, 0.25) is 0 Å². The van der Waals surface area contributed by atoms with Gasteiger partial charge in [0.05, 0.1) is 18.0 Å². The van der Waals surface area contributed by atoms with Gasteiger partial charge in [0.15, 0.2) is 5.78 Å². The van der Waals surface area contributed by atoms with Crippen molar-refractivity contribution >= 4 is 33.0 Å². The van der Waals surface area contributed by atoms with Gasteiger partial charge in [0, 0.05) is 27.8 Å². The number of nitrogens with zero attached hydrogens (tertiary/aromatic N) is 1. The molecule has 5 nitrogen and oxygen atoms in total. The fourth-order valence-corrected chi connectivity index (χ4v) is 5.74. The maximum absolute atomic E-state index is 13.9. The van der Waals surface area contributed by atoms with E-state index in [9.17, 15) is 19.1 Å². The van der Waals surface area contributed by atoms with Gasteiger partial charge in [-0.05, 0) is 73.0 Å². The Morgan fingerprint density at radius 3 is 2.40 bits per heavy atom. The van der Waals surface area contributed by atoms with Crippen LogP contribution in [0.1, 0.15) is 26.4 Å². The van der Waals surface area contributed by atoms with E-state index >= 15 is 0 Å². The summed E-state index contributed by atoms with van der Waals surface area (Å²) in [5.41, 5.74) is 3.30. The van der Waals surface area contributed by atoms with Gasteiger partial charge >= 0.3 is 0 Å². The second-order valence-corrected chi connectivity index (χ2v) is 9.90. The first-order valence-corrected chi connectivity index (χ1v) is 12.2. The Labute approximate surface area is 206 Å². The molecule has 0 bridgehead atoms. The van der Waals surface area contributed by atoms with Crippen LogP contribution >= 0.6 is 11.3 Å². The van der Waals surface area contributed by atoms with Crippen molar-refractivity contribution < 1.29 is 23.8 Å². The Bertz CT molecular complexity index is 1430. The van der Waals surface area contributed by atoms with Crippen molar-refractivity contribution in [2.24, 2.45) is 0 Å². The van der Waals surface area contributed by atoms with Crippen molar-refractivity contribution in [3.63, 3.8) is 0 Å². The van der Waals surface area contributed by atoms with Crippen molar-refractivity contribution in [1.82, 2.24) is 4.90 Å². The lowest BCUT2D eigenvalue weighted by molar-refractivity contribution is -0.129. The third-order valence-corrected chi connectivity index (χ3v) is 7.37. The Morgan fingerprint density at radius 2 is 1.74 bits per heavy atom. The number of Topliss-reactive ketones (excluding diaryl/α,β-unsaturated/α-hetero) is 1. The van der Waals surface area contributed by atoms with Crippen molar-refractivity contribution in [2.75, 3.05) is 26.2 Å². The maximum atomic E-state index is 13.9. The fourth-order valence-electron chi connectivity index (χ4n) is 4.54. The number of phenols is 1. The second kappa shape index (κ2) is 9.24. The number of aromatic hydroxyl groups is 1. The molecular weight excluding hydrogens is 465 g/mol. The lowest BCUT2D eigenvalue weighted by Gasteiger charge is -2.28. The molecule has 1 aromatic heterocycles. The molecule has 0 aliphatic carbocycles. The predicted molar refractivity (Wildman–Crippen MR) is 135 cm³/mol. The average molecular weight is 490 g/mol. The molecule has 1 saturated heterocycles. The van der Waals surface area contributed by atoms with Crippen LogP contribution in [0.5, 0.6) is 11.5 Å². The monoisotopic (exact) mass is 489 g/mol. The molecule has 178 valence electrons. The quantitative estimate of drug-likeness (QED) is 0.346. The highest BCUT2D eigenvalue weighted by Gasteiger charge is 2.25. The highest BCUT2D eigenvalue weighted by atomic mass is 32.1. The summed E-state index contributed by atoms with van der Waals surface area (Å²) < 4.78 is 20.5. The highest BCUT2D eigenvalue weighted by molar-refractivity contribution is 7.21. The number of benzene rings is 3. The fraction of sp³-hybridized carbons (Fsp3) is 0.214. The number of thiophene rings is 1. The van der Waals surface area contributed by atoms with Gasteiger partial charge in [0.1, 0.15) is 23.9 Å². The molecular formula is C28H24FNO4S. The highest BCUT2D eigenvalue weighted by Crippen LogP contribution is 2.42. The molecule has 4 aromatic rings. The lowest BCUT2D eigenvalue weighted by atomic mass is 9.94. The van der Waals surface area contributed by atoms with E-state index in [1.165, 1.54) is 23.5 Å². The predicted octanol–water partition coefficient (Wildman–Crippen LogP) is 5.52. The number of rotatable bonds is 7. The van der Waals surface area contributed by atoms with Crippen LogP contribution in [0.4, 0.5) is 4.39 Å². The van der Waals surface area contributed by atoms with Crippen molar-refractivity contribution in [2.45, 2.75) is 13.8 Å². The summed E-state index contributed by atoms with van der Waals surface area (Å²) >= 11 is 1.32. The molecule has 1 aliphatic heterocycles. The van der Waals surface area contributed by atoms with E-state index in [2.05, 4.69) is 0 Å². The summed E-state index contributed by atoms with van der Waals surface area (Å²) in [5, 5.41) is 10.9. The molecule has 1 N–H and O–H groups in total. The van der Waals surface area contributed by atoms with Crippen LogP contribution in [-0.4, -0.2) is 47.8 Å². The number of fused-ring (bicyclic) bond motifs is 1. The van der Waals surface area contributed by atoms with E-state index < -0.39 is 0 Å². The van der Waals surface area contributed by atoms with E-state index in [-0.39, 0.29) is 23.1 Å². The van der Waals surface area contributed by atoms with E-state index in [1.807, 2.05) is 35.2 Å². The van der Waals surface area contributed by atoms with E-state index in [1.54, 1.807) is 26.0 Å². The Hall–Kier alpha value is -3.55. The standard InChI is InChI=1S/C28H24FNO4S/c1-16-11-19(29)12-17(2)25(16)27(33)28-26(23-8-5-20(31)13-24(23)35-28)18-3-6-22(7-4-18)34-10-9-30-14-21(32)15-30/h3-8,11-13,31H,9-10,14-15H2,1-2H3. The number of ether oxygens (including phenoxy) is 1. The number of hydrogen-bond donors (Lipinski definition) is 1. The summed E-state index contributed by atoms with van der Waals surface area (Å²) in [5.74, 6) is 0.554. The zero-order chi connectivity index (χ0) is 24.7. The molecule has 0 atom stereocenters. The topological polar surface area (TPSA) is 66.8 Å². The number of carbonyl (C=O) groups is 2. The van der Waals surface area contributed by atoms with Crippen molar-refractivity contribution in [3.05, 3.63) is 82.0 Å². The molecule has 5 rings (SSSR count). The zero-order valence-electron chi connectivity index (χ0n) is 19.4. The Balaban J connectivity index is 1.49. The van der Waals surface area contributed by atoms with Crippen LogP contribution in [-0.2, 0) is 4.79 Å².